The molecule has 0 saturated carbocycles. The number of carbonyl (C=O) groups excluding carboxylic acids is 1. The molecular formula is C10H13ClN2O. The van der Waals surface area contributed by atoms with Crippen molar-refractivity contribution in [2.75, 3.05) is 18.9 Å². The Morgan fingerprint density at radius 2 is 2.21 bits per heavy atom. The van der Waals surface area contributed by atoms with Crippen molar-refractivity contribution in [1.82, 2.24) is 5.32 Å². The second-order valence-corrected chi connectivity index (χ2v) is 3.37. The largest absolute Gasteiger partial charge is 0.375 e. The Bertz CT molecular complexity index is 319. The van der Waals surface area contributed by atoms with Crippen molar-refractivity contribution in [1.29, 1.82) is 0 Å². The molecule has 1 aromatic carbocycles. The Labute approximate surface area is 88.5 Å². The Hall–Kier alpha value is -1.22. The molecule has 1 aromatic rings. The summed E-state index contributed by atoms with van der Waals surface area (Å²) in [6.45, 7) is 2.18. The summed E-state index contributed by atoms with van der Waals surface area (Å²) >= 11 is 5.96. The minimum Gasteiger partial charge on any atom is -0.375 e. The van der Waals surface area contributed by atoms with Gasteiger partial charge in [-0.15, -0.1) is 0 Å². The third-order valence-corrected chi connectivity index (χ3v) is 2.24. The lowest BCUT2D eigenvalue weighted by Crippen LogP contribution is -2.26. The van der Waals surface area contributed by atoms with Crippen LogP contribution in [0.2, 0.25) is 5.02 Å². The number of hydrogen-bond acceptors (Lipinski definition) is 2. The zero-order valence-corrected chi connectivity index (χ0v) is 8.98. The molecule has 0 aliphatic carbocycles. The number of aryl methyl sites for hydroxylation is 1. The number of hydrogen-bond donors (Lipinski definition) is 2. The summed E-state index contributed by atoms with van der Waals surface area (Å²) in [5.41, 5.74) is 1.85. The van der Waals surface area contributed by atoms with Crippen LogP contribution in [0, 0.1) is 6.92 Å². The van der Waals surface area contributed by atoms with E-state index in [-0.39, 0.29) is 12.5 Å². The molecule has 0 aliphatic rings. The van der Waals surface area contributed by atoms with E-state index in [9.17, 15) is 4.79 Å². The molecule has 76 valence electrons. The molecule has 3 nitrogen and oxygen atoms in total. The fourth-order valence-corrected chi connectivity index (χ4v) is 1.40. The van der Waals surface area contributed by atoms with Crippen molar-refractivity contribution in [2.24, 2.45) is 0 Å². The van der Waals surface area contributed by atoms with Gasteiger partial charge in [0.15, 0.2) is 0 Å². The normalized spacial score (nSPS) is 9.64. The van der Waals surface area contributed by atoms with Crippen molar-refractivity contribution < 1.29 is 4.79 Å². The molecule has 0 aromatic heterocycles. The van der Waals surface area contributed by atoms with Crippen molar-refractivity contribution in [3.8, 4) is 0 Å². The Morgan fingerprint density at radius 3 is 2.79 bits per heavy atom. The molecule has 0 fully saturated rings. The minimum atomic E-state index is -0.0654. The molecule has 0 saturated heterocycles. The Balaban J connectivity index is 2.71. The first-order valence-electron chi connectivity index (χ1n) is 4.34. The lowest BCUT2D eigenvalue weighted by atomic mass is 10.2. The first-order chi connectivity index (χ1) is 6.65. The van der Waals surface area contributed by atoms with Crippen molar-refractivity contribution in [3.05, 3.63) is 28.8 Å². The van der Waals surface area contributed by atoms with Gasteiger partial charge in [0.1, 0.15) is 0 Å². The number of benzene rings is 1. The van der Waals surface area contributed by atoms with E-state index in [2.05, 4.69) is 10.6 Å². The van der Waals surface area contributed by atoms with Gasteiger partial charge in [0.2, 0.25) is 5.91 Å². The fraction of sp³-hybridized carbons (Fsp3) is 0.300. The smallest absolute Gasteiger partial charge is 0.239 e. The van der Waals surface area contributed by atoms with E-state index in [1.165, 1.54) is 0 Å². The summed E-state index contributed by atoms with van der Waals surface area (Å²) in [6, 6.07) is 5.61. The molecule has 0 spiro atoms. The maximum atomic E-state index is 11.0. The van der Waals surface area contributed by atoms with E-state index >= 15 is 0 Å². The highest BCUT2D eigenvalue weighted by Crippen LogP contribution is 2.24. The van der Waals surface area contributed by atoms with Crippen molar-refractivity contribution in [2.45, 2.75) is 6.92 Å². The predicted octanol–water partition coefficient (Wildman–Crippen LogP) is 1.81. The number of amides is 1. The lowest BCUT2D eigenvalue weighted by molar-refractivity contribution is -0.118. The van der Waals surface area contributed by atoms with Crippen LogP contribution in [0.15, 0.2) is 18.2 Å². The van der Waals surface area contributed by atoms with Gasteiger partial charge in [0, 0.05) is 7.05 Å². The first-order valence-corrected chi connectivity index (χ1v) is 4.72. The van der Waals surface area contributed by atoms with Gasteiger partial charge in [-0.2, -0.15) is 0 Å². The molecule has 2 N–H and O–H groups in total. The van der Waals surface area contributed by atoms with Crippen LogP contribution in [0.25, 0.3) is 0 Å². The highest BCUT2D eigenvalue weighted by atomic mass is 35.5. The van der Waals surface area contributed by atoms with Crippen molar-refractivity contribution >= 4 is 23.2 Å². The zero-order chi connectivity index (χ0) is 10.6. The van der Waals surface area contributed by atoms with Gasteiger partial charge in [-0.1, -0.05) is 23.7 Å². The van der Waals surface area contributed by atoms with Gasteiger partial charge in [0.05, 0.1) is 17.3 Å². The van der Waals surface area contributed by atoms with Crippen LogP contribution in [-0.2, 0) is 4.79 Å². The van der Waals surface area contributed by atoms with E-state index in [4.69, 9.17) is 11.6 Å². The second-order valence-electron chi connectivity index (χ2n) is 2.96. The van der Waals surface area contributed by atoms with Crippen LogP contribution in [0.1, 0.15) is 5.56 Å². The Morgan fingerprint density at radius 1 is 1.50 bits per heavy atom. The standard InChI is InChI=1S/C10H13ClN2O/c1-7-4-3-5-8(11)10(7)13-6-9(14)12-2/h3-5,13H,6H2,1-2H3,(H,12,14). The SMILES string of the molecule is CNC(=O)CNc1c(C)cccc1Cl. The van der Waals surface area contributed by atoms with E-state index in [0.29, 0.717) is 5.02 Å². The monoisotopic (exact) mass is 212 g/mol. The van der Waals surface area contributed by atoms with E-state index in [1.807, 2.05) is 19.1 Å². The molecule has 0 aliphatic heterocycles. The predicted molar refractivity (Wildman–Crippen MR) is 58.7 cm³/mol. The van der Waals surface area contributed by atoms with Crippen LogP contribution < -0.4 is 10.6 Å². The van der Waals surface area contributed by atoms with Gasteiger partial charge < -0.3 is 10.6 Å². The number of likely N-dealkylation sites (N-methyl/N-ethyl adjacent to an activating group) is 1. The molecule has 1 amide bonds. The lowest BCUT2D eigenvalue weighted by Gasteiger charge is -2.10. The van der Waals surface area contributed by atoms with Crippen LogP contribution in [0.3, 0.4) is 0 Å². The molecule has 4 heteroatoms. The third kappa shape index (κ3) is 2.64. The average Bonchev–Trinajstić information content (AvgIpc) is 2.16. The highest BCUT2D eigenvalue weighted by Gasteiger charge is 2.04. The summed E-state index contributed by atoms with van der Waals surface area (Å²) in [4.78, 5) is 11.0. The summed E-state index contributed by atoms with van der Waals surface area (Å²) < 4.78 is 0. The van der Waals surface area contributed by atoms with Crippen molar-refractivity contribution in [3.63, 3.8) is 0 Å². The summed E-state index contributed by atoms with van der Waals surface area (Å²) in [7, 11) is 1.60. The zero-order valence-electron chi connectivity index (χ0n) is 8.23. The molecule has 14 heavy (non-hydrogen) atoms. The van der Waals surface area contributed by atoms with E-state index in [1.54, 1.807) is 13.1 Å². The van der Waals surface area contributed by atoms with Gasteiger partial charge in [-0.05, 0) is 18.6 Å². The molecule has 0 radical (unpaired) electrons. The summed E-state index contributed by atoms with van der Waals surface area (Å²) in [5, 5.41) is 6.15. The number of para-hydroxylation sites is 1. The number of nitrogens with one attached hydrogen (secondary N) is 2. The van der Waals surface area contributed by atoms with Crippen LogP contribution in [0.4, 0.5) is 5.69 Å². The molecule has 0 unspecified atom stereocenters. The average molecular weight is 213 g/mol. The molecule has 1 rings (SSSR count). The van der Waals surface area contributed by atoms with E-state index < -0.39 is 0 Å². The molecule has 0 heterocycles. The summed E-state index contributed by atoms with van der Waals surface area (Å²) in [6.07, 6.45) is 0. The van der Waals surface area contributed by atoms with Crippen LogP contribution in [-0.4, -0.2) is 19.5 Å². The topological polar surface area (TPSA) is 41.1 Å². The maximum Gasteiger partial charge on any atom is 0.239 e. The van der Waals surface area contributed by atoms with Gasteiger partial charge >= 0.3 is 0 Å². The second kappa shape index (κ2) is 4.86. The molecule has 0 bridgehead atoms. The maximum absolute atomic E-state index is 11.0. The Kier molecular flexibility index (Phi) is 3.77. The van der Waals surface area contributed by atoms with Crippen LogP contribution >= 0.6 is 11.6 Å². The van der Waals surface area contributed by atoms with Gasteiger partial charge in [-0.3, -0.25) is 4.79 Å². The third-order valence-electron chi connectivity index (χ3n) is 1.93. The number of carbonyl (C=O) groups is 1. The van der Waals surface area contributed by atoms with Gasteiger partial charge in [-0.25, -0.2) is 0 Å². The number of anilines is 1. The minimum absolute atomic E-state index is 0.0654. The van der Waals surface area contributed by atoms with Crippen LogP contribution in [0.5, 0.6) is 0 Å². The molecule has 0 atom stereocenters. The van der Waals surface area contributed by atoms with E-state index in [0.717, 1.165) is 11.3 Å². The first kappa shape index (κ1) is 10.9. The number of halogens is 1. The fourth-order valence-electron chi connectivity index (χ4n) is 1.11. The molecular weight excluding hydrogens is 200 g/mol. The number of rotatable bonds is 3. The summed E-state index contributed by atoms with van der Waals surface area (Å²) in [5.74, 6) is -0.0654. The quantitative estimate of drug-likeness (QED) is 0.803. The highest BCUT2D eigenvalue weighted by molar-refractivity contribution is 6.33. The van der Waals surface area contributed by atoms with Gasteiger partial charge in [0.25, 0.3) is 0 Å².